The maximum atomic E-state index is 11.4. The van der Waals surface area contributed by atoms with Gasteiger partial charge in [-0.3, -0.25) is 4.79 Å². The van der Waals surface area contributed by atoms with Gasteiger partial charge in [-0.15, -0.1) is 0 Å². The largest absolute Gasteiger partial charge is 0.273 e. The number of hydrazone groups is 1. The van der Waals surface area contributed by atoms with E-state index in [2.05, 4.69) is 34.7 Å². The fourth-order valence-electron chi connectivity index (χ4n) is 2.62. The fraction of sp³-hybridized carbons (Fsp3) is 0.400. The number of aryl methyl sites for hydroxylation is 2. The van der Waals surface area contributed by atoms with Crippen LogP contribution in [0.1, 0.15) is 37.2 Å². The molecule has 0 aromatic carbocycles. The number of hydrogen-bond donors (Lipinski definition) is 1. The maximum absolute atomic E-state index is 11.4. The first-order valence-electron chi connectivity index (χ1n) is 6.95. The van der Waals surface area contributed by atoms with Gasteiger partial charge in [0.25, 0.3) is 0 Å². The number of amides is 1. The molecule has 2 aromatic rings. The Labute approximate surface area is 117 Å². The Morgan fingerprint density at radius 2 is 2.25 bits per heavy atom. The van der Waals surface area contributed by atoms with Gasteiger partial charge in [0, 0.05) is 23.6 Å². The average molecular weight is 270 g/mol. The van der Waals surface area contributed by atoms with E-state index in [0.717, 1.165) is 34.6 Å². The zero-order valence-electron chi connectivity index (χ0n) is 12.0. The maximum Gasteiger partial charge on any atom is 0.240 e. The summed E-state index contributed by atoms with van der Waals surface area (Å²) < 4.78 is 1.96. The van der Waals surface area contributed by atoms with E-state index in [0.29, 0.717) is 6.42 Å². The molecule has 3 heterocycles. The number of aromatic nitrogens is 2. The molecular formula is C15H18N4O. The highest BCUT2D eigenvalue weighted by molar-refractivity contribution is 6.10. The summed E-state index contributed by atoms with van der Waals surface area (Å²) in [5, 5.41) is 8.85. The lowest BCUT2D eigenvalue weighted by molar-refractivity contribution is -0.121. The number of hydrogen-bond acceptors (Lipinski definition) is 3. The van der Waals surface area contributed by atoms with Crippen LogP contribution < -0.4 is 5.43 Å². The molecule has 20 heavy (non-hydrogen) atoms. The first-order valence-corrected chi connectivity index (χ1v) is 6.95. The average Bonchev–Trinajstić information content (AvgIpc) is 2.85. The smallest absolute Gasteiger partial charge is 0.240 e. The van der Waals surface area contributed by atoms with Crippen molar-refractivity contribution in [2.45, 2.75) is 33.6 Å². The molecule has 0 bridgehead atoms. The zero-order chi connectivity index (χ0) is 14.3. The molecule has 0 radical (unpaired) electrons. The molecule has 5 nitrogen and oxygen atoms in total. The second-order valence-corrected chi connectivity index (χ2v) is 5.31. The first kappa shape index (κ1) is 12.8. The number of nitrogens with one attached hydrogen (secondary N) is 1. The van der Waals surface area contributed by atoms with E-state index in [9.17, 15) is 4.79 Å². The van der Waals surface area contributed by atoms with E-state index >= 15 is 0 Å². The first-order chi connectivity index (χ1) is 9.60. The van der Waals surface area contributed by atoms with Crippen LogP contribution in [0, 0.1) is 12.8 Å². The van der Waals surface area contributed by atoms with Crippen LogP contribution in [0.15, 0.2) is 23.3 Å². The minimum absolute atomic E-state index is 0.0212. The monoisotopic (exact) mass is 270 g/mol. The summed E-state index contributed by atoms with van der Waals surface area (Å²) >= 11 is 0. The van der Waals surface area contributed by atoms with Gasteiger partial charge >= 0.3 is 0 Å². The van der Waals surface area contributed by atoms with E-state index < -0.39 is 0 Å². The van der Waals surface area contributed by atoms with Crippen molar-refractivity contribution in [3.8, 4) is 0 Å². The Morgan fingerprint density at radius 1 is 1.45 bits per heavy atom. The van der Waals surface area contributed by atoms with Gasteiger partial charge in [-0.25, -0.2) is 9.94 Å². The third-order valence-electron chi connectivity index (χ3n) is 3.76. The zero-order valence-corrected chi connectivity index (χ0v) is 12.0. The number of rotatable bonds is 2. The van der Waals surface area contributed by atoms with E-state index in [4.69, 9.17) is 0 Å². The Morgan fingerprint density at radius 3 is 2.95 bits per heavy atom. The number of carbonyl (C=O) groups is 1. The number of nitrogens with zero attached hydrogens (tertiary/aromatic N) is 3. The summed E-state index contributed by atoms with van der Waals surface area (Å²) in [5.74, 6) is 0.0994. The van der Waals surface area contributed by atoms with Crippen LogP contribution in [0.5, 0.6) is 0 Å². The molecule has 0 aliphatic carbocycles. The summed E-state index contributed by atoms with van der Waals surface area (Å²) in [6.07, 6.45) is 1.38. The summed E-state index contributed by atoms with van der Waals surface area (Å²) in [6, 6.07) is 6.22. The van der Waals surface area contributed by atoms with Crippen molar-refractivity contribution in [3.05, 3.63) is 35.2 Å². The molecule has 1 N–H and O–H groups in total. The van der Waals surface area contributed by atoms with E-state index in [-0.39, 0.29) is 11.8 Å². The molecule has 1 amide bonds. The van der Waals surface area contributed by atoms with Crippen LogP contribution >= 0.6 is 0 Å². The minimum atomic E-state index is -0.0212. The summed E-state index contributed by atoms with van der Waals surface area (Å²) in [5.41, 5.74) is 7.78. The Kier molecular flexibility index (Phi) is 3.04. The molecule has 3 rings (SSSR count). The van der Waals surface area contributed by atoms with Crippen LogP contribution in [-0.2, 0) is 11.2 Å². The van der Waals surface area contributed by atoms with Gasteiger partial charge < -0.3 is 0 Å². The van der Waals surface area contributed by atoms with Crippen molar-refractivity contribution in [3.63, 3.8) is 0 Å². The van der Waals surface area contributed by atoms with Crippen LogP contribution in [-0.4, -0.2) is 21.2 Å². The van der Waals surface area contributed by atoms with E-state index in [1.54, 1.807) is 0 Å². The van der Waals surface area contributed by atoms with Crippen molar-refractivity contribution >= 4 is 17.1 Å². The lowest BCUT2D eigenvalue weighted by Gasteiger charge is -2.20. The van der Waals surface area contributed by atoms with Crippen LogP contribution in [0.4, 0.5) is 0 Å². The summed E-state index contributed by atoms with van der Waals surface area (Å²) in [7, 11) is 0. The van der Waals surface area contributed by atoms with Gasteiger partial charge in [-0.2, -0.15) is 10.2 Å². The van der Waals surface area contributed by atoms with Crippen LogP contribution in [0.25, 0.3) is 5.52 Å². The summed E-state index contributed by atoms with van der Waals surface area (Å²) in [4.78, 5) is 11.4. The standard InChI is InChI=1S/C15H18N4O/c1-4-11-8-13-12(6-5-10(3)19(13)18-11)15-9(2)7-14(20)16-17-15/h5-6,8-9H,4,7H2,1-3H3,(H,16,20). The van der Waals surface area contributed by atoms with Crippen LogP contribution in [0.3, 0.4) is 0 Å². The fourth-order valence-corrected chi connectivity index (χ4v) is 2.62. The van der Waals surface area contributed by atoms with E-state index in [1.807, 2.05) is 24.4 Å². The molecular weight excluding hydrogens is 252 g/mol. The molecule has 1 unspecified atom stereocenters. The molecule has 0 fully saturated rings. The minimum Gasteiger partial charge on any atom is -0.273 e. The third-order valence-corrected chi connectivity index (χ3v) is 3.76. The van der Waals surface area contributed by atoms with Crippen molar-refractivity contribution < 1.29 is 4.79 Å². The second kappa shape index (κ2) is 4.74. The van der Waals surface area contributed by atoms with E-state index in [1.165, 1.54) is 0 Å². The lowest BCUT2D eigenvalue weighted by Crippen LogP contribution is -2.32. The van der Waals surface area contributed by atoms with Gasteiger partial charge in [-0.05, 0) is 31.5 Å². The van der Waals surface area contributed by atoms with Crippen LogP contribution in [0.2, 0.25) is 0 Å². The number of fused-ring (bicyclic) bond motifs is 1. The van der Waals surface area contributed by atoms with Gasteiger partial charge in [-0.1, -0.05) is 13.8 Å². The van der Waals surface area contributed by atoms with Crippen molar-refractivity contribution in [2.24, 2.45) is 11.0 Å². The van der Waals surface area contributed by atoms with Crippen molar-refractivity contribution in [1.82, 2.24) is 15.0 Å². The lowest BCUT2D eigenvalue weighted by atomic mass is 9.93. The van der Waals surface area contributed by atoms with Gasteiger partial charge in [0.2, 0.25) is 5.91 Å². The molecule has 104 valence electrons. The quantitative estimate of drug-likeness (QED) is 0.908. The van der Waals surface area contributed by atoms with Crippen molar-refractivity contribution in [2.75, 3.05) is 0 Å². The highest BCUT2D eigenvalue weighted by atomic mass is 16.2. The van der Waals surface area contributed by atoms with Gasteiger partial charge in [0.05, 0.1) is 16.9 Å². The Balaban J connectivity index is 2.19. The third kappa shape index (κ3) is 1.99. The predicted molar refractivity (Wildman–Crippen MR) is 77.8 cm³/mol. The Hall–Kier alpha value is -2.17. The molecule has 1 aliphatic heterocycles. The normalized spacial score (nSPS) is 19.1. The SMILES string of the molecule is CCc1cc2c(C3=NNC(=O)CC3C)ccc(C)n2n1. The number of carbonyl (C=O) groups excluding carboxylic acids is 1. The highest BCUT2D eigenvalue weighted by Crippen LogP contribution is 2.22. The summed E-state index contributed by atoms with van der Waals surface area (Å²) in [6.45, 7) is 6.17. The van der Waals surface area contributed by atoms with Gasteiger partial charge in [0.15, 0.2) is 0 Å². The predicted octanol–water partition coefficient (Wildman–Crippen LogP) is 2.07. The number of pyridine rings is 1. The second-order valence-electron chi connectivity index (χ2n) is 5.31. The molecule has 2 aromatic heterocycles. The molecule has 1 aliphatic rings. The molecule has 0 spiro atoms. The topological polar surface area (TPSA) is 58.8 Å². The Bertz CT molecular complexity index is 714. The molecule has 5 heteroatoms. The highest BCUT2D eigenvalue weighted by Gasteiger charge is 2.23. The molecule has 0 saturated heterocycles. The van der Waals surface area contributed by atoms with Crippen molar-refractivity contribution in [1.29, 1.82) is 0 Å². The molecule has 1 atom stereocenters. The molecule has 0 saturated carbocycles. The van der Waals surface area contributed by atoms with Gasteiger partial charge in [0.1, 0.15) is 0 Å².